The van der Waals surface area contributed by atoms with Crippen LogP contribution in [0.4, 0.5) is 4.79 Å². The van der Waals surface area contributed by atoms with Crippen LogP contribution in [0.3, 0.4) is 0 Å². The summed E-state index contributed by atoms with van der Waals surface area (Å²) in [6.45, 7) is 1.79. The topological polar surface area (TPSA) is 164 Å². The molecule has 0 spiro atoms. The molecule has 0 fully saturated rings. The van der Waals surface area contributed by atoms with Gasteiger partial charge in [-0.3, -0.25) is 9.59 Å². The summed E-state index contributed by atoms with van der Waals surface area (Å²) in [5, 5.41) is 36.6. The van der Waals surface area contributed by atoms with Gasteiger partial charge in [0.05, 0.1) is 17.7 Å². The number of hydrogen-bond donors (Lipinski definition) is 6. The summed E-state index contributed by atoms with van der Waals surface area (Å²) in [4.78, 5) is 40.4. The van der Waals surface area contributed by atoms with Crippen LogP contribution in [0, 0.1) is 0 Å². The molecule has 1 aromatic heterocycles. The number of ether oxygens (including phenoxy) is 1. The first kappa shape index (κ1) is 34.7. The van der Waals surface area contributed by atoms with Gasteiger partial charge in [0.1, 0.15) is 18.1 Å². The number of aliphatic hydroxyl groups is 1. The van der Waals surface area contributed by atoms with E-state index in [1.165, 1.54) is 12.1 Å². The zero-order valence-corrected chi connectivity index (χ0v) is 27.1. The monoisotopic (exact) mass is 664 g/mol. The lowest BCUT2D eigenvalue weighted by atomic mass is 9.98. The van der Waals surface area contributed by atoms with Gasteiger partial charge in [-0.05, 0) is 78.0 Å². The number of unbranched alkanes of at least 4 members (excludes halogenated alkanes) is 1. The first-order chi connectivity index (χ1) is 23.7. The number of aromatic hydroxyl groups is 1. The van der Waals surface area contributed by atoms with Gasteiger partial charge in [-0.15, -0.1) is 0 Å². The van der Waals surface area contributed by atoms with Crippen molar-refractivity contribution in [3.05, 3.63) is 141 Å². The van der Waals surface area contributed by atoms with Crippen LogP contribution in [0.25, 0.3) is 10.9 Å². The molecule has 11 nitrogen and oxygen atoms in total. The predicted molar refractivity (Wildman–Crippen MR) is 187 cm³/mol. The second-order valence-electron chi connectivity index (χ2n) is 11.8. The minimum Gasteiger partial charge on any atom is -0.506 e. The first-order valence-electron chi connectivity index (χ1n) is 16.0. The van der Waals surface area contributed by atoms with E-state index in [0.717, 1.165) is 29.5 Å². The van der Waals surface area contributed by atoms with E-state index in [1.54, 1.807) is 36.2 Å². The van der Waals surface area contributed by atoms with Gasteiger partial charge in [-0.1, -0.05) is 60.7 Å². The van der Waals surface area contributed by atoms with E-state index in [1.807, 2.05) is 66.7 Å². The summed E-state index contributed by atoms with van der Waals surface area (Å²) in [5.41, 5.74) is 3.61. The third kappa shape index (κ3) is 9.25. The van der Waals surface area contributed by atoms with E-state index in [0.29, 0.717) is 47.4 Å². The summed E-state index contributed by atoms with van der Waals surface area (Å²) in [7, 11) is 1.77. The quantitative estimate of drug-likeness (QED) is 0.0817. The Bertz CT molecular complexity index is 1930. The number of phenols is 1. The summed E-state index contributed by atoms with van der Waals surface area (Å²) < 4.78 is 6.01. The fourth-order valence-corrected chi connectivity index (χ4v) is 5.64. The second kappa shape index (κ2) is 16.4. The molecule has 0 aliphatic rings. The van der Waals surface area contributed by atoms with Crippen LogP contribution < -0.4 is 20.9 Å². The molecule has 254 valence electrons. The highest BCUT2D eigenvalue weighted by Crippen LogP contribution is 2.29. The lowest BCUT2D eigenvalue weighted by molar-refractivity contribution is 0.0792. The molecule has 5 rings (SSSR count). The Labute approximate surface area is 283 Å². The number of fused-ring (bicyclic) bond motifs is 1. The zero-order valence-electron chi connectivity index (χ0n) is 27.1. The van der Waals surface area contributed by atoms with Crippen LogP contribution in [-0.2, 0) is 6.61 Å². The minimum atomic E-state index is -1.12. The molecule has 0 saturated heterocycles. The van der Waals surface area contributed by atoms with Gasteiger partial charge < -0.3 is 40.6 Å². The number of aliphatic hydroxyl groups excluding tert-OH is 1. The van der Waals surface area contributed by atoms with E-state index in [4.69, 9.17) is 4.74 Å². The molecule has 0 radical (unpaired) electrons. The van der Waals surface area contributed by atoms with E-state index >= 15 is 0 Å². The standard InChI is InChI=1S/C38H40N4O7/c1-42(21-6-5-20-39-23-33(44)30-16-18-32(43)36-31(30)17-19-34(45)40-36)37(46)27-14-12-25(13-15-27)24-49-29-11-7-10-28(22-29)35(41-38(47)48)26-8-3-2-4-9-26/h2-4,7-19,22,33,35,39,41,43-44H,5-6,20-21,23-24H2,1H3,(H,40,45)(H,47,48)/t33-,35-/m0/s1. The fraction of sp³-hybridized carbons (Fsp3) is 0.237. The molecular weight excluding hydrogens is 624 g/mol. The molecule has 6 N–H and O–H groups in total. The number of hydrogen-bond acceptors (Lipinski definition) is 7. The van der Waals surface area contributed by atoms with Crippen molar-refractivity contribution < 1.29 is 29.6 Å². The number of aromatic amines is 1. The molecule has 1 heterocycles. The fourth-order valence-electron chi connectivity index (χ4n) is 5.64. The molecule has 0 aliphatic heterocycles. The molecular formula is C38H40N4O7. The van der Waals surface area contributed by atoms with Crippen molar-refractivity contribution in [3.8, 4) is 11.5 Å². The lowest BCUT2D eigenvalue weighted by Gasteiger charge is -2.19. The van der Waals surface area contributed by atoms with Crippen LogP contribution in [0.1, 0.15) is 57.6 Å². The van der Waals surface area contributed by atoms with Gasteiger partial charge in [0.2, 0.25) is 5.56 Å². The highest BCUT2D eigenvalue weighted by atomic mass is 16.5. The van der Waals surface area contributed by atoms with Gasteiger partial charge in [0, 0.05) is 37.2 Å². The van der Waals surface area contributed by atoms with E-state index < -0.39 is 18.2 Å². The minimum absolute atomic E-state index is 0.0509. The van der Waals surface area contributed by atoms with E-state index in [2.05, 4.69) is 15.6 Å². The summed E-state index contributed by atoms with van der Waals surface area (Å²) in [5.74, 6) is 0.463. The molecule has 11 heteroatoms. The third-order valence-corrected chi connectivity index (χ3v) is 8.25. The van der Waals surface area contributed by atoms with Crippen LogP contribution in [-0.4, -0.2) is 63.9 Å². The van der Waals surface area contributed by atoms with E-state index in [-0.39, 0.29) is 23.8 Å². The number of rotatable bonds is 15. The molecule has 0 aliphatic carbocycles. The average molecular weight is 665 g/mol. The van der Waals surface area contributed by atoms with Crippen LogP contribution in [0.5, 0.6) is 11.5 Å². The normalized spacial score (nSPS) is 12.3. The maximum Gasteiger partial charge on any atom is 0.405 e. The van der Waals surface area contributed by atoms with Crippen molar-refractivity contribution in [2.24, 2.45) is 0 Å². The van der Waals surface area contributed by atoms with Crippen molar-refractivity contribution >= 4 is 22.9 Å². The van der Waals surface area contributed by atoms with Crippen LogP contribution in [0.15, 0.2) is 108 Å². The van der Waals surface area contributed by atoms with Gasteiger partial charge >= 0.3 is 6.09 Å². The van der Waals surface area contributed by atoms with Crippen molar-refractivity contribution in [1.82, 2.24) is 20.5 Å². The number of nitrogens with one attached hydrogen (secondary N) is 3. The molecule has 2 atom stereocenters. The summed E-state index contributed by atoms with van der Waals surface area (Å²) >= 11 is 0. The smallest absolute Gasteiger partial charge is 0.405 e. The maximum atomic E-state index is 13.0. The molecule has 0 bridgehead atoms. The largest absolute Gasteiger partial charge is 0.506 e. The zero-order chi connectivity index (χ0) is 34.8. The molecule has 4 aromatic carbocycles. The Balaban J connectivity index is 1.05. The number of carbonyl (C=O) groups excluding carboxylic acids is 1. The van der Waals surface area contributed by atoms with Gasteiger partial charge in [-0.2, -0.15) is 0 Å². The van der Waals surface area contributed by atoms with Crippen molar-refractivity contribution in [3.63, 3.8) is 0 Å². The van der Waals surface area contributed by atoms with Gasteiger partial charge in [0.15, 0.2) is 0 Å². The second-order valence-corrected chi connectivity index (χ2v) is 11.8. The number of pyridine rings is 1. The van der Waals surface area contributed by atoms with Gasteiger partial charge in [-0.25, -0.2) is 4.79 Å². The van der Waals surface area contributed by atoms with Gasteiger partial charge in [0.25, 0.3) is 5.91 Å². The number of carbonyl (C=O) groups is 2. The Morgan fingerprint density at radius 1 is 0.898 bits per heavy atom. The number of amides is 2. The number of H-pyrrole nitrogens is 1. The van der Waals surface area contributed by atoms with Crippen molar-refractivity contribution in [2.45, 2.75) is 31.6 Å². The summed E-state index contributed by atoms with van der Waals surface area (Å²) in [6, 6.07) is 29.4. The number of carboxylic acid groups (broad SMARTS) is 1. The highest BCUT2D eigenvalue weighted by Gasteiger charge is 2.18. The SMILES string of the molecule is CN(CCCCNC[C@H](O)c1ccc(O)c2[nH]c(=O)ccc12)C(=O)c1ccc(COc2cccc([C@@H](NC(=O)O)c3ccccc3)c2)cc1. The van der Waals surface area contributed by atoms with E-state index in [9.17, 15) is 29.7 Å². The van der Waals surface area contributed by atoms with Crippen LogP contribution in [0.2, 0.25) is 0 Å². The average Bonchev–Trinajstić information content (AvgIpc) is 3.11. The Kier molecular flexibility index (Phi) is 11.6. The maximum absolute atomic E-state index is 13.0. The predicted octanol–water partition coefficient (Wildman–Crippen LogP) is 5.35. The summed E-state index contributed by atoms with van der Waals surface area (Å²) in [6.07, 6.45) is -0.381. The number of aromatic nitrogens is 1. The molecule has 0 saturated carbocycles. The molecule has 5 aromatic rings. The van der Waals surface area contributed by atoms with Crippen LogP contribution >= 0.6 is 0 Å². The number of benzene rings is 4. The molecule has 2 amide bonds. The molecule has 0 unspecified atom stereocenters. The van der Waals surface area contributed by atoms with Crippen molar-refractivity contribution in [2.75, 3.05) is 26.7 Å². The highest BCUT2D eigenvalue weighted by molar-refractivity contribution is 5.94. The lowest BCUT2D eigenvalue weighted by Crippen LogP contribution is -2.29. The first-order valence-corrected chi connectivity index (χ1v) is 16.0. The van der Waals surface area contributed by atoms with Crippen molar-refractivity contribution in [1.29, 1.82) is 0 Å². The third-order valence-electron chi connectivity index (χ3n) is 8.25. The Morgan fingerprint density at radius 3 is 2.41 bits per heavy atom. The molecule has 49 heavy (non-hydrogen) atoms. The Hall–Kier alpha value is -5.65. The number of nitrogens with zero attached hydrogens (tertiary/aromatic N) is 1. The Morgan fingerprint density at radius 2 is 1.65 bits per heavy atom. The number of phenolic OH excluding ortho intramolecular Hbond substituents is 1.